The van der Waals surface area contributed by atoms with Gasteiger partial charge < -0.3 is 9.47 Å². The van der Waals surface area contributed by atoms with Crippen LogP contribution >= 0.6 is 0 Å². The number of hydrogen-bond donors (Lipinski definition) is 0. The molecule has 0 atom stereocenters. The lowest BCUT2D eigenvalue weighted by Gasteiger charge is -2.09. The zero-order chi connectivity index (χ0) is 15.4. The predicted octanol–water partition coefficient (Wildman–Crippen LogP) is 2.99. The number of rotatable bonds is 5. The van der Waals surface area contributed by atoms with Gasteiger partial charge in [-0.15, -0.1) is 0 Å². The molecule has 2 aromatic rings. The number of non-ortho nitro benzene ring substituents is 1. The minimum atomic E-state index is -0.529. The molecule has 108 valence electrons. The van der Waals surface area contributed by atoms with E-state index in [0.29, 0.717) is 11.3 Å². The average molecular weight is 288 g/mol. The number of nitro groups is 1. The first-order chi connectivity index (χ1) is 10.0. The monoisotopic (exact) mass is 288 g/mol. The van der Waals surface area contributed by atoms with Gasteiger partial charge >= 0.3 is 0 Å². The van der Waals surface area contributed by atoms with Crippen LogP contribution in [0.4, 0.5) is 5.69 Å². The van der Waals surface area contributed by atoms with Crippen LogP contribution in [0, 0.1) is 10.1 Å². The second kappa shape index (κ2) is 6.00. The van der Waals surface area contributed by atoms with Crippen LogP contribution in [0.3, 0.4) is 0 Å². The van der Waals surface area contributed by atoms with Gasteiger partial charge in [-0.3, -0.25) is 14.9 Å². The van der Waals surface area contributed by atoms with E-state index in [1.54, 1.807) is 6.07 Å². The Hall–Kier alpha value is -2.96. The lowest BCUT2D eigenvalue weighted by Crippen LogP contribution is -1.96. The number of aromatic nitrogens is 1. The zero-order valence-corrected chi connectivity index (χ0v) is 11.4. The van der Waals surface area contributed by atoms with Crippen molar-refractivity contribution >= 4 is 11.5 Å². The van der Waals surface area contributed by atoms with Crippen LogP contribution in [0.5, 0.6) is 17.4 Å². The van der Waals surface area contributed by atoms with Gasteiger partial charge in [0.15, 0.2) is 17.3 Å². The largest absolute Gasteiger partial charge is 0.493 e. The molecule has 1 heterocycles. The lowest BCUT2D eigenvalue weighted by atomic mass is 10.2. The minimum Gasteiger partial charge on any atom is -0.493 e. The van der Waals surface area contributed by atoms with Crippen LogP contribution < -0.4 is 9.47 Å². The topological polar surface area (TPSA) is 91.6 Å². The number of ether oxygens (including phenoxy) is 2. The first kappa shape index (κ1) is 14.4. The van der Waals surface area contributed by atoms with E-state index in [0.717, 1.165) is 0 Å². The van der Waals surface area contributed by atoms with Gasteiger partial charge in [0.25, 0.3) is 5.69 Å². The van der Waals surface area contributed by atoms with Crippen LogP contribution in [0.15, 0.2) is 36.5 Å². The van der Waals surface area contributed by atoms with Crippen molar-refractivity contribution in [2.75, 3.05) is 7.11 Å². The summed E-state index contributed by atoms with van der Waals surface area (Å²) in [6, 6.07) is 7.08. The normalized spacial score (nSPS) is 10.0. The third-order valence-corrected chi connectivity index (χ3v) is 2.72. The predicted molar refractivity (Wildman–Crippen MR) is 74.0 cm³/mol. The van der Waals surface area contributed by atoms with E-state index < -0.39 is 4.92 Å². The third kappa shape index (κ3) is 3.33. The molecule has 0 aliphatic rings. The average Bonchev–Trinajstić information content (AvgIpc) is 2.47. The molecule has 0 fully saturated rings. The molecule has 1 aromatic carbocycles. The molecule has 0 N–H and O–H groups in total. The maximum absolute atomic E-state index is 11.2. The van der Waals surface area contributed by atoms with E-state index in [9.17, 15) is 14.9 Å². The molecular weight excluding hydrogens is 276 g/mol. The van der Waals surface area contributed by atoms with Crippen molar-refractivity contribution in [1.82, 2.24) is 4.98 Å². The second-order valence-corrected chi connectivity index (χ2v) is 4.14. The Morgan fingerprint density at radius 2 is 2.00 bits per heavy atom. The van der Waals surface area contributed by atoms with Crippen LogP contribution in [0.2, 0.25) is 0 Å². The molecule has 0 unspecified atom stereocenters. The first-order valence-electron chi connectivity index (χ1n) is 5.98. The number of carbonyl (C=O) groups excluding carboxylic acids is 1. The Bertz CT molecular complexity index is 682. The molecule has 0 saturated carbocycles. The van der Waals surface area contributed by atoms with Gasteiger partial charge in [0, 0.05) is 23.9 Å². The summed E-state index contributed by atoms with van der Waals surface area (Å²) in [4.78, 5) is 25.4. The molecule has 0 radical (unpaired) electrons. The van der Waals surface area contributed by atoms with Gasteiger partial charge in [0.1, 0.15) is 0 Å². The van der Waals surface area contributed by atoms with E-state index in [2.05, 4.69) is 4.98 Å². The Morgan fingerprint density at radius 3 is 2.52 bits per heavy atom. The smallest absolute Gasteiger partial charge is 0.273 e. The zero-order valence-electron chi connectivity index (χ0n) is 11.4. The number of nitro benzene ring substituents is 1. The third-order valence-electron chi connectivity index (χ3n) is 2.72. The standard InChI is InChI=1S/C14H12N2O5/c1-9(17)10-3-6-14(15-8-10)21-13-7-11(16(18)19)4-5-12(13)20-2/h3-8H,1-2H3. The summed E-state index contributed by atoms with van der Waals surface area (Å²) in [6.45, 7) is 1.43. The highest BCUT2D eigenvalue weighted by Gasteiger charge is 2.13. The number of benzene rings is 1. The summed E-state index contributed by atoms with van der Waals surface area (Å²) in [5, 5.41) is 10.8. The number of hydrogen-bond acceptors (Lipinski definition) is 6. The molecular formula is C14H12N2O5. The molecule has 0 spiro atoms. The fourth-order valence-electron chi connectivity index (χ4n) is 1.62. The number of carbonyl (C=O) groups is 1. The molecule has 0 aliphatic carbocycles. The molecule has 21 heavy (non-hydrogen) atoms. The van der Waals surface area contributed by atoms with E-state index in [4.69, 9.17) is 9.47 Å². The second-order valence-electron chi connectivity index (χ2n) is 4.14. The summed E-state index contributed by atoms with van der Waals surface area (Å²) >= 11 is 0. The quantitative estimate of drug-likeness (QED) is 0.477. The van der Waals surface area contributed by atoms with Crippen molar-refractivity contribution in [3.63, 3.8) is 0 Å². The highest BCUT2D eigenvalue weighted by atomic mass is 16.6. The van der Waals surface area contributed by atoms with Gasteiger partial charge in [0.2, 0.25) is 5.88 Å². The molecule has 0 saturated heterocycles. The van der Waals surface area contributed by atoms with Gasteiger partial charge in [0.05, 0.1) is 18.1 Å². The van der Waals surface area contributed by atoms with Crippen molar-refractivity contribution in [2.45, 2.75) is 6.92 Å². The van der Waals surface area contributed by atoms with Crippen LogP contribution in [-0.4, -0.2) is 22.8 Å². The molecule has 0 aliphatic heterocycles. The number of Topliss-reactive ketones (excluding diaryl/α,β-unsaturated/α-hetero) is 1. The van der Waals surface area contributed by atoms with E-state index in [-0.39, 0.29) is 23.1 Å². The van der Waals surface area contributed by atoms with Crippen LogP contribution in [0.25, 0.3) is 0 Å². The molecule has 7 nitrogen and oxygen atoms in total. The van der Waals surface area contributed by atoms with Gasteiger partial charge in [-0.2, -0.15) is 0 Å². The molecule has 7 heteroatoms. The van der Waals surface area contributed by atoms with Crippen LogP contribution in [-0.2, 0) is 0 Å². The van der Waals surface area contributed by atoms with Crippen molar-refractivity contribution in [3.8, 4) is 17.4 Å². The number of ketones is 1. The SMILES string of the molecule is COc1ccc([N+](=O)[O-])cc1Oc1ccc(C(C)=O)cn1. The summed E-state index contributed by atoms with van der Waals surface area (Å²) in [6.07, 6.45) is 1.38. The molecule has 0 amide bonds. The van der Waals surface area contributed by atoms with E-state index >= 15 is 0 Å². The summed E-state index contributed by atoms with van der Waals surface area (Å²) in [5.41, 5.74) is 0.333. The lowest BCUT2D eigenvalue weighted by molar-refractivity contribution is -0.384. The van der Waals surface area contributed by atoms with Gasteiger partial charge in [-0.1, -0.05) is 0 Å². The maximum atomic E-state index is 11.2. The summed E-state index contributed by atoms with van der Waals surface area (Å²) < 4.78 is 10.6. The van der Waals surface area contributed by atoms with E-state index in [1.165, 1.54) is 44.5 Å². The summed E-state index contributed by atoms with van der Waals surface area (Å²) in [7, 11) is 1.43. The first-order valence-corrected chi connectivity index (χ1v) is 5.98. The minimum absolute atomic E-state index is 0.109. The fourth-order valence-corrected chi connectivity index (χ4v) is 1.62. The van der Waals surface area contributed by atoms with Crippen molar-refractivity contribution in [2.24, 2.45) is 0 Å². The number of nitrogens with zero attached hydrogens (tertiary/aromatic N) is 2. The number of methoxy groups -OCH3 is 1. The van der Waals surface area contributed by atoms with Crippen molar-refractivity contribution in [1.29, 1.82) is 0 Å². The Balaban J connectivity index is 2.31. The highest BCUT2D eigenvalue weighted by Crippen LogP contribution is 2.34. The van der Waals surface area contributed by atoms with Crippen molar-refractivity contribution < 1.29 is 19.2 Å². The van der Waals surface area contributed by atoms with Gasteiger partial charge in [-0.05, 0) is 19.1 Å². The Morgan fingerprint density at radius 1 is 1.24 bits per heavy atom. The van der Waals surface area contributed by atoms with E-state index in [1.807, 2.05) is 0 Å². The van der Waals surface area contributed by atoms with Gasteiger partial charge in [-0.25, -0.2) is 4.98 Å². The molecule has 0 bridgehead atoms. The maximum Gasteiger partial charge on any atom is 0.273 e. The summed E-state index contributed by atoms with van der Waals surface area (Å²) in [5.74, 6) is 0.619. The Kier molecular flexibility index (Phi) is 4.13. The highest BCUT2D eigenvalue weighted by molar-refractivity contribution is 5.93. The van der Waals surface area contributed by atoms with Crippen LogP contribution in [0.1, 0.15) is 17.3 Å². The number of pyridine rings is 1. The fraction of sp³-hybridized carbons (Fsp3) is 0.143. The Labute approximate surface area is 120 Å². The molecule has 2 rings (SSSR count). The molecule has 1 aromatic heterocycles. The van der Waals surface area contributed by atoms with Crippen molar-refractivity contribution in [3.05, 3.63) is 52.2 Å².